The number of benzene rings is 1. The molecule has 0 radical (unpaired) electrons. The van der Waals surface area contributed by atoms with Gasteiger partial charge in [0.05, 0.1) is 6.21 Å². The van der Waals surface area contributed by atoms with Gasteiger partial charge in [-0.15, -0.1) is 11.8 Å². The van der Waals surface area contributed by atoms with Crippen molar-refractivity contribution in [3.8, 4) is 0 Å². The lowest BCUT2D eigenvalue weighted by atomic mass is 10.2. The molecule has 0 amide bonds. The molecule has 3 heteroatoms. The smallest absolute Gasteiger partial charge is 0.0540 e. The number of thioether (sulfide) groups is 1. The van der Waals surface area contributed by atoms with E-state index >= 15 is 0 Å². The minimum absolute atomic E-state index is 1.11. The Kier molecular flexibility index (Phi) is 3.67. The number of hydrogen-bond acceptors (Lipinski definition) is 3. The van der Waals surface area contributed by atoms with Crippen molar-refractivity contribution in [3.05, 3.63) is 29.8 Å². The minimum Gasteiger partial charge on any atom is -0.313 e. The Bertz CT molecular complexity index is 254. The van der Waals surface area contributed by atoms with E-state index in [2.05, 4.69) is 28.9 Å². The van der Waals surface area contributed by atoms with Gasteiger partial charge in [-0.1, -0.05) is 12.1 Å². The number of nitrogens with zero attached hydrogens (tertiary/aromatic N) is 1. The molecule has 0 fully saturated rings. The lowest BCUT2D eigenvalue weighted by Gasteiger charge is -1.95. The van der Waals surface area contributed by atoms with Crippen LogP contribution in [0.15, 0.2) is 34.3 Å². The first kappa shape index (κ1) is 9.13. The third-order valence-electron chi connectivity index (χ3n) is 1.46. The van der Waals surface area contributed by atoms with Crippen LogP contribution in [-0.2, 0) is 0 Å². The SMILES string of the molecule is CN/N=C\c1ccc(SC)cc1. The molecule has 0 aliphatic rings. The third kappa shape index (κ3) is 2.58. The normalized spacial score (nSPS) is 10.5. The molecular weight excluding hydrogens is 168 g/mol. The minimum atomic E-state index is 1.11. The molecule has 0 bridgehead atoms. The molecule has 0 aliphatic heterocycles. The summed E-state index contributed by atoms with van der Waals surface area (Å²) >= 11 is 1.74. The zero-order valence-electron chi connectivity index (χ0n) is 7.24. The van der Waals surface area contributed by atoms with Crippen molar-refractivity contribution >= 4 is 18.0 Å². The van der Waals surface area contributed by atoms with Crippen LogP contribution in [0.2, 0.25) is 0 Å². The van der Waals surface area contributed by atoms with E-state index in [0.29, 0.717) is 0 Å². The highest BCUT2D eigenvalue weighted by molar-refractivity contribution is 7.98. The summed E-state index contributed by atoms with van der Waals surface area (Å²) in [5.41, 5.74) is 3.82. The quantitative estimate of drug-likeness (QED) is 0.437. The van der Waals surface area contributed by atoms with Crippen LogP contribution >= 0.6 is 11.8 Å². The van der Waals surface area contributed by atoms with Gasteiger partial charge in [0.1, 0.15) is 0 Å². The van der Waals surface area contributed by atoms with Crippen LogP contribution in [0.25, 0.3) is 0 Å². The first-order valence-electron chi connectivity index (χ1n) is 3.70. The van der Waals surface area contributed by atoms with E-state index in [4.69, 9.17) is 0 Å². The zero-order chi connectivity index (χ0) is 8.81. The summed E-state index contributed by atoms with van der Waals surface area (Å²) in [5.74, 6) is 0. The predicted molar refractivity (Wildman–Crippen MR) is 54.9 cm³/mol. The highest BCUT2D eigenvalue weighted by Crippen LogP contribution is 2.13. The van der Waals surface area contributed by atoms with Crippen molar-refractivity contribution in [3.63, 3.8) is 0 Å². The molecule has 2 nitrogen and oxygen atoms in total. The lowest BCUT2D eigenvalue weighted by Crippen LogP contribution is -1.94. The van der Waals surface area contributed by atoms with Crippen molar-refractivity contribution in [2.75, 3.05) is 13.3 Å². The Labute approximate surface area is 77.1 Å². The lowest BCUT2D eigenvalue weighted by molar-refractivity contribution is 0.908. The average molecular weight is 180 g/mol. The molecule has 0 aliphatic carbocycles. The molecule has 0 heterocycles. The molecule has 12 heavy (non-hydrogen) atoms. The van der Waals surface area contributed by atoms with Gasteiger partial charge in [0.2, 0.25) is 0 Å². The second kappa shape index (κ2) is 4.83. The molecule has 0 spiro atoms. The third-order valence-corrected chi connectivity index (χ3v) is 2.20. The van der Waals surface area contributed by atoms with Crippen LogP contribution in [0.1, 0.15) is 5.56 Å². The number of rotatable bonds is 3. The van der Waals surface area contributed by atoms with Gasteiger partial charge in [-0.25, -0.2) is 0 Å². The fourth-order valence-electron chi connectivity index (χ4n) is 0.829. The number of hydrazone groups is 1. The van der Waals surface area contributed by atoms with Crippen LogP contribution in [0.5, 0.6) is 0 Å². The fraction of sp³-hybridized carbons (Fsp3) is 0.222. The second-order valence-electron chi connectivity index (χ2n) is 2.25. The van der Waals surface area contributed by atoms with Gasteiger partial charge >= 0.3 is 0 Å². The Balaban J connectivity index is 2.71. The summed E-state index contributed by atoms with van der Waals surface area (Å²) in [4.78, 5) is 1.27. The largest absolute Gasteiger partial charge is 0.313 e. The monoisotopic (exact) mass is 180 g/mol. The number of nitrogens with one attached hydrogen (secondary N) is 1. The summed E-state index contributed by atoms with van der Waals surface area (Å²) in [7, 11) is 1.78. The van der Waals surface area contributed by atoms with E-state index in [9.17, 15) is 0 Å². The molecular formula is C9H12N2S. The van der Waals surface area contributed by atoms with E-state index in [-0.39, 0.29) is 0 Å². The van der Waals surface area contributed by atoms with Crippen molar-refractivity contribution < 1.29 is 0 Å². The fourth-order valence-corrected chi connectivity index (χ4v) is 1.24. The van der Waals surface area contributed by atoms with Crippen molar-refractivity contribution in [2.45, 2.75) is 4.90 Å². The van der Waals surface area contributed by atoms with Gasteiger partial charge in [-0.3, -0.25) is 0 Å². The standard InChI is InChI=1S/C9H12N2S/c1-10-11-7-8-3-5-9(12-2)6-4-8/h3-7,10H,1-2H3/b11-7-. The molecule has 1 aromatic rings. The summed E-state index contributed by atoms with van der Waals surface area (Å²) in [6.45, 7) is 0. The summed E-state index contributed by atoms with van der Waals surface area (Å²) < 4.78 is 0. The van der Waals surface area contributed by atoms with E-state index in [1.165, 1.54) is 4.90 Å². The van der Waals surface area contributed by atoms with Crippen molar-refractivity contribution in [1.29, 1.82) is 0 Å². The van der Waals surface area contributed by atoms with E-state index in [1.807, 2.05) is 12.1 Å². The van der Waals surface area contributed by atoms with Gasteiger partial charge in [0.15, 0.2) is 0 Å². The molecule has 0 atom stereocenters. The Hall–Kier alpha value is -0.960. The molecule has 0 saturated carbocycles. The summed E-state index contributed by atoms with van der Waals surface area (Å²) in [5, 5.41) is 3.92. The van der Waals surface area contributed by atoms with Crippen LogP contribution in [0.4, 0.5) is 0 Å². The highest BCUT2D eigenvalue weighted by atomic mass is 32.2. The van der Waals surface area contributed by atoms with Crippen molar-refractivity contribution in [1.82, 2.24) is 5.43 Å². The van der Waals surface area contributed by atoms with E-state index in [0.717, 1.165) is 5.56 Å². The molecule has 64 valence electrons. The second-order valence-corrected chi connectivity index (χ2v) is 3.13. The molecule has 1 aromatic carbocycles. The molecule has 1 rings (SSSR count). The van der Waals surface area contributed by atoms with Crippen LogP contribution in [0, 0.1) is 0 Å². The zero-order valence-corrected chi connectivity index (χ0v) is 8.06. The maximum absolute atomic E-state index is 3.92. The molecule has 0 saturated heterocycles. The molecule has 0 unspecified atom stereocenters. The molecule has 1 N–H and O–H groups in total. The predicted octanol–water partition coefficient (Wildman–Crippen LogP) is 1.96. The van der Waals surface area contributed by atoms with Gasteiger partial charge in [-0.2, -0.15) is 5.10 Å². The summed E-state index contributed by atoms with van der Waals surface area (Å²) in [6, 6.07) is 8.27. The molecule has 0 aromatic heterocycles. The van der Waals surface area contributed by atoms with Gasteiger partial charge in [-0.05, 0) is 24.0 Å². The number of hydrogen-bond donors (Lipinski definition) is 1. The Morgan fingerprint density at radius 1 is 1.33 bits per heavy atom. The van der Waals surface area contributed by atoms with E-state index in [1.54, 1.807) is 25.0 Å². The van der Waals surface area contributed by atoms with Gasteiger partial charge < -0.3 is 5.43 Å². The maximum atomic E-state index is 3.92. The topological polar surface area (TPSA) is 24.4 Å². The van der Waals surface area contributed by atoms with E-state index < -0.39 is 0 Å². The van der Waals surface area contributed by atoms with Crippen LogP contribution < -0.4 is 5.43 Å². The van der Waals surface area contributed by atoms with Crippen LogP contribution in [0.3, 0.4) is 0 Å². The Morgan fingerprint density at radius 3 is 2.50 bits per heavy atom. The average Bonchev–Trinajstić information content (AvgIpc) is 2.15. The summed E-state index contributed by atoms with van der Waals surface area (Å²) in [6.07, 6.45) is 3.86. The van der Waals surface area contributed by atoms with Gasteiger partial charge in [0.25, 0.3) is 0 Å². The first-order chi connectivity index (χ1) is 5.86. The Morgan fingerprint density at radius 2 is 2.00 bits per heavy atom. The first-order valence-corrected chi connectivity index (χ1v) is 4.93. The van der Waals surface area contributed by atoms with Gasteiger partial charge in [0, 0.05) is 11.9 Å². The van der Waals surface area contributed by atoms with Crippen LogP contribution in [-0.4, -0.2) is 19.5 Å². The highest BCUT2D eigenvalue weighted by Gasteiger charge is 1.88. The maximum Gasteiger partial charge on any atom is 0.0540 e. The van der Waals surface area contributed by atoms with Crippen molar-refractivity contribution in [2.24, 2.45) is 5.10 Å².